The van der Waals surface area contributed by atoms with E-state index in [1.807, 2.05) is 0 Å². The number of sulfonamides is 1. The van der Waals surface area contributed by atoms with Gasteiger partial charge in [-0.15, -0.1) is 0 Å². The first kappa shape index (κ1) is 18.3. The molecule has 9 heteroatoms. The summed E-state index contributed by atoms with van der Waals surface area (Å²) in [6.07, 6.45) is 1.11. The standard InChI is InChI=1S/C17H20N4O4S/c1-11-10-12(2)19-17(18-11)21-26(23,24)14-7-5-13(6-8-14)20-16(22)15-4-3-9-25-15/h5-8,10,15H,3-4,9H2,1-2H3,(H,20,22)(H,18,19,21). The number of aromatic nitrogens is 2. The lowest BCUT2D eigenvalue weighted by molar-refractivity contribution is -0.124. The molecule has 3 rings (SSSR count). The maximum Gasteiger partial charge on any atom is 0.264 e. The zero-order valence-electron chi connectivity index (χ0n) is 14.5. The number of anilines is 2. The molecule has 1 amide bonds. The summed E-state index contributed by atoms with van der Waals surface area (Å²) in [5.74, 6) is -0.196. The molecule has 1 aromatic carbocycles. The third-order valence-electron chi connectivity index (χ3n) is 3.86. The van der Waals surface area contributed by atoms with E-state index in [2.05, 4.69) is 20.0 Å². The van der Waals surface area contributed by atoms with E-state index in [-0.39, 0.29) is 16.8 Å². The first-order valence-electron chi connectivity index (χ1n) is 8.21. The Morgan fingerprint density at radius 2 is 1.81 bits per heavy atom. The molecule has 0 bridgehead atoms. The Hall–Kier alpha value is -2.52. The van der Waals surface area contributed by atoms with Crippen LogP contribution in [0.2, 0.25) is 0 Å². The van der Waals surface area contributed by atoms with Crippen LogP contribution in [-0.4, -0.2) is 37.0 Å². The third-order valence-corrected chi connectivity index (χ3v) is 5.21. The van der Waals surface area contributed by atoms with Gasteiger partial charge in [0, 0.05) is 23.7 Å². The van der Waals surface area contributed by atoms with Crippen LogP contribution >= 0.6 is 0 Å². The quantitative estimate of drug-likeness (QED) is 0.826. The minimum atomic E-state index is -3.82. The normalized spacial score (nSPS) is 17.1. The SMILES string of the molecule is Cc1cc(C)nc(NS(=O)(=O)c2ccc(NC(=O)C3CCCO3)cc2)n1. The van der Waals surface area contributed by atoms with E-state index in [1.165, 1.54) is 24.3 Å². The van der Waals surface area contributed by atoms with Crippen LogP contribution in [0.3, 0.4) is 0 Å². The predicted molar refractivity (Wildman–Crippen MR) is 96.4 cm³/mol. The van der Waals surface area contributed by atoms with Crippen molar-refractivity contribution in [1.82, 2.24) is 9.97 Å². The molecule has 2 heterocycles. The van der Waals surface area contributed by atoms with Gasteiger partial charge in [-0.05, 0) is 57.0 Å². The van der Waals surface area contributed by atoms with Crippen molar-refractivity contribution in [2.24, 2.45) is 0 Å². The fraction of sp³-hybridized carbons (Fsp3) is 0.353. The number of hydrogen-bond donors (Lipinski definition) is 2. The van der Waals surface area contributed by atoms with Gasteiger partial charge >= 0.3 is 0 Å². The van der Waals surface area contributed by atoms with Gasteiger partial charge in [0.1, 0.15) is 6.10 Å². The lowest BCUT2D eigenvalue weighted by Gasteiger charge is -2.11. The van der Waals surface area contributed by atoms with Gasteiger partial charge < -0.3 is 10.1 Å². The average molecular weight is 376 g/mol. The first-order valence-corrected chi connectivity index (χ1v) is 9.69. The van der Waals surface area contributed by atoms with Gasteiger partial charge in [-0.2, -0.15) is 0 Å². The van der Waals surface area contributed by atoms with Gasteiger partial charge in [-0.1, -0.05) is 0 Å². The molecule has 1 aliphatic heterocycles. The zero-order valence-corrected chi connectivity index (χ0v) is 15.3. The van der Waals surface area contributed by atoms with Crippen molar-refractivity contribution in [3.8, 4) is 0 Å². The summed E-state index contributed by atoms with van der Waals surface area (Å²) in [6.45, 7) is 4.11. The van der Waals surface area contributed by atoms with Gasteiger partial charge in [0.25, 0.3) is 15.9 Å². The van der Waals surface area contributed by atoms with Crippen molar-refractivity contribution in [3.63, 3.8) is 0 Å². The van der Waals surface area contributed by atoms with Crippen LogP contribution in [0, 0.1) is 13.8 Å². The second-order valence-electron chi connectivity index (χ2n) is 6.10. The van der Waals surface area contributed by atoms with Crippen LogP contribution < -0.4 is 10.0 Å². The number of rotatable bonds is 5. The van der Waals surface area contributed by atoms with Gasteiger partial charge in [-0.3, -0.25) is 4.79 Å². The Kier molecular flexibility index (Phi) is 5.19. The van der Waals surface area contributed by atoms with Crippen molar-refractivity contribution >= 4 is 27.6 Å². The second-order valence-corrected chi connectivity index (χ2v) is 7.78. The lowest BCUT2D eigenvalue weighted by atomic mass is 10.2. The van der Waals surface area contributed by atoms with Crippen molar-refractivity contribution in [1.29, 1.82) is 0 Å². The van der Waals surface area contributed by atoms with E-state index in [9.17, 15) is 13.2 Å². The number of benzene rings is 1. The Balaban J connectivity index is 1.71. The average Bonchev–Trinajstić information content (AvgIpc) is 3.08. The largest absolute Gasteiger partial charge is 0.368 e. The molecule has 0 saturated carbocycles. The van der Waals surface area contributed by atoms with E-state index in [1.54, 1.807) is 19.9 Å². The summed E-state index contributed by atoms with van der Waals surface area (Å²) >= 11 is 0. The molecule has 138 valence electrons. The van der Waals surface area contributed by atoms with E-state index in [0.717, 1.165) is 6.42 Å². The Morgan fingerprint density at radius 1 is 1.15 bits per heavy atom. The maximum atomic E-state index is 12.5. The molecule has 0 spiro atoms. The van der Waals surface area contributed by atoms with E-state index < -0.39 is 16.1 Å². The number of aryl methyl sites for hydroxylation is 2. The highest BCUT2D eigenvalue weighted by atomic mass is 32.2. The summed E-state index contributed by atoms with van der Waals surface area (Å²) < 4.78 is 32.6. The fourth-order valence-electron chi connectivity index (χ4n) is 2.68. The summed E-state index contributed by atoms with van der Waals surface area (Å²) in [4.78, 5) is 20.2. The highest BCUT2D eigenvalue weighted by Crippen LogP contribution is 2.19. The minimum Gasteiger partial charge on any atom is -0.368 e. The number of ether oxygens (including phenoxy) is 1. The van der Waals surface area contributed by atoms with E-state index >= 15 is 0 Å². The molecule has 26 heavy (non-hydrogen) atoms. The number of amides is 1. The smallest absolute Gasteiger partial charge is 0.264 e. The number of carbonyl (C=O) groups excluding carboxylic acids is 1. The fourth-order valence-corrected chi connectivity index (χ4v) is 3.62. The zero-order chi connectivity index (χ0) is 18.7. The van der Waals surface area contributed by atoms with Crippen LogP contribution in [0.1, 0.15) is 24.2 Å². The van der Waals surface area contributed by atoms with E-state index in [4.69, 9.17) is 4.74 Å². The number of hydrogen-bond acceptors (Lipinski definition) is 6. The highest BCUT2D eigenvalue weighted by molar-refractivity contribution is 7.92. The minimum absolute atomic E-state index is 0.0262. The molecule has 8 nitrogen and oxygen atoms in total. The highest BCUT2D eigenvalue weighted by Gasteiger charge is 2.23. The van der Waals surface area contributed by atoms with Crippen LogP contribution in [0.5, 0.6) is 0 Å². The summed E-state index contributed by atoms with van der Waals surface area (Å²) in [7, 11) is -3.82. The van der Waals surface area contributed by atoms with Crippen molar-refractivity contribution in [2.75, 3.05) is 16.6 Å². The number of nitrogens with zero attached hydrogens (tertiary/aromatic N) is 2. The van der Waals surface area contributed by atoms with Crippen LogP contribution in [0.4, 0.5) is 11.6 Å². The molecular formula is C17H20N4O4S. The Labute approximate surface area is 152 Å². The first-order chi connectivity index (χ1) is 12.3. The summed E-state index contributed by atoms with van der Waals surface area (Å²) in [5, 5.41) is 2.72. The predicted octanol–water partition coefficient (Wildman–Crippen LogP) is 2.01. The monoisotopic (exact) mass is 376 g/mol. The number of nitrogens with one attached hydrogen (secondary N) is 2. The molecule has 1 fully saturated rings. The van der Waals surface area contributed by atoms with Crippen LogP contribution in [0.15, 0.2) is 35.2 Å². The molecular weight excluding hydrogens is 356 g/mol. The second kappa shape index (κ2) is 7.38. The van der Waals surface area contributed by atoms with Crippen LogP contribution in [0.25, 0.3) is 0 Å². The maximum absolute atomic E-state index is 12.5. The molecule has 1 saturated heterocycles. The summed E-state index contributed by atoms with van der Waals surface area (Å²) in [6, 6.07) is 7.64. The molecule has 0 aliphatic carbocycles. The lowest BCUT2D eigenvalue weighted by Crippen LogP contribution is -2.26. The van der Waals surface area contributed by atoms with Crippen molar-refractivity contribution in [2.45, 2.75) is 37.7 Å². The van der Waals surface area contributed by atoms with Crippen molar-refractivity contribution in [3.05, 3.63) is 41.7 Å². The van der Waals surface area contributed by atoms with Gasteiger partial charge in [-0.25, -0.2) is 23.1 Å². The Morgan fingerprint density at radius 3 is 2.38 bits per heavy atom. The van der Waals surface area contributed by atoms with Crippen LogP contribution in [-0.2, 0) is 19.6 Å². The molecule has 1 aromatic heterocycles. The van der Waals surface area contributed by atoms with Gasteiger partial charge in [0.15, 0.2) is 0 Å². The summed E-state index contributed by atoms with van der Waals surface area (Å²) in [5.41, 5.74) is 1.84. The molecule has 2 N–H and O–H groups in total. The Bertz CT molecular complexity index is 887. The molecule has 1 aliphatic rings. The molecule has 0 radical (unpaired) electrons. The van der Waals surface area contributed by atoms with Gasteiger partial charge in [0.2, 0.25) is 5.95 Å². The van der Waals surface area contributed by atoms with E-state index in [0.29, 0.717) is 30.1 Å². The molecule has 2 aromatic rings. The topological polar surface area (TPSA) is 110 Å². The molecule has 1 unspecified atom stereocenters. The van der Waals surface area contributed by atoms with Crippen molar-refractivity contribution < 1.29 is 17.9 Å². The molecule has 1 atom stereocenters. The number of carbonyl (C=O) groups is 1. The third kappa shape index (κ3) is 4.36. The van der Waals surface area contributed by atoms with Gasteiger partial charge in [0.05, 0.1) is 4.90 Å².